The summed E-state index contributed by atoms with van der Waals surface area (Å²) in [7, 11) is 0. The molecular formula is C15H19NO6. The number of phenols is 1. The smallest absolute Gasteiger partial charge is 0.408 e. The number of carbonyl (C=O) groups is 3. The molecular weight excluding hydrogens is 290 g/mol. The number of aldehydes is 1. The molecule has 0 aromatic heterocycles. The zero-order valence-corrected chi connectivity index (χ0v) is 12.6. The van der Waals surface area contributed by atoms with Crippen LogP contribution in [0.15, 0.2) is 18.2 Å². The zero-order chi connectivity index (χ0) is 16.9. The van der Waals surface area contributed by atoms with Crippen LogP contribution in [0, 0.1) is 0 Å². The highest BCUT2D eigenvalue weighted by molar-refractivity contribution is 5.81. The minimum atomic E-state index is -1.23. The highest BCUT2D eigenvalue weighted by Crippen LogP contribution is 2.18. The van der Waals surface area contributed by atoms with E-state index in [1.807, 2.05) is 0 Å². The zero-order valence-electron chi connectivity index (χ0n) is 12.6. The molecule has 0 unspecified atom stereocenters. The SMILES string of the molecule is CC(C)(C)OC(=O)N[C@@H](Cc1ccc(C=O)c(O)c1)C(=O)O. The minimum Gasteiger partial charge on any atom is -0.507 e. The number of benzene rings is 1. The number of aliphatic carboxylic acids is 1. The second-order valence-electron chi connectivity index (χ2n) is 5.75. The Bertz CT molecular complexity index is 576. The number of hydrogen-bond donors (Lipinski definition) is 3. The number of hydrogen-bond acceptors (Lipinski definition) is 5. The quantitative estimate of drug-likeness (QED) is 0.714. The van der Waals surface area contributed by atoms with Gasteiger partial charge in [-0.05, 0) is 38.5 Å². The Labute approximate surface area is 127 Å². The largest absolute Gasteiger partial charge is 0.507 e. The van der Waals surface area contributed by atoms with Crippen molar-refractivity contribution in [3.8, 4) is 5.75 Å². The molecule has 0 bridgehead atoms. The Balaban J connectivity index is 2.80. The van der Waals surface area contributed by atoms with Gasteiger partial charge >= 0.3 is 12.1 Å². The molecule has 1 aromatic carbocycles. The highest BCUT2D eigenvalue weighted by atomic mass is 16.6. The average Bonchev–Trinajstić information content (AvgIpc) is 2.35. The lowest BCUT2D eigenvalue weighted by Gasteiger charge is -2.22. The molecule has 1 aromatic rings. The summed E-state index contributed by atoms with van der Waals surface area (Å²) in [5, 5.41) is 21.0. The fraction of sp³-hybridized carbons (Fsp3) is 0.400. The maximum atomic E-state index is 11.6. The van der Waals surface area contributed by atoms with E-state index in [2.05, 4.69) is 5.32 Å². The van der Waals surface area contributed by atoms with Crippen molar-refractivity contribution in [1.82, 2.24) is 5.32 Å². The van der Waals surface area contributed by atoms with Gasteiger partial charge in [-0.15, -0.1) is 0 Å². The van der Waals surface area contributed by atoms with Crippen molar-refractivity contribution in [1.29, 1.82) is 0 Å². The van der Waals surface area contributed by atoms with Gasteiger partial charge in [0.2, 0.25) is 0 Å². The number of carbonyl (C=O) groups excluding carboxylic acids is 2. The molecule has 1 rings (SSSR count). The Morgan fingerprint density at radius 1 is 1.36 bits per heavy atom. The summed E-state index contributed by atoms with van der Waals surface area (Å²) in [4.78, 5) is 33.5. The molecule has 0 saturated carbocycles. The molecule has 0 aliphatic rings. The third-order valence-corrected chi connectivity index (χ3v) is 2.65. The lowest BCUT2D eigenvalue weighted by molar-refractivity contribution is -0.139. The summed E-state index contributed by atoms with van der Waals surface area (Å²) in [6, 6.07) is 2.97. The van der Waals surface area contributed by atoms with Crippen molar-refractivity contribution in [2.24, 2.45) is 0 Å². The Kier molecular flexibility index (Phi) is 5.50. The molecule has 0 spiro atoms. The van der Waals surface area contributed by atoms with Crippen LogP contribution in [-0.2, 0) is 16.0 Å². The predicted octanol–water partition coefficient (Wildman–Crippen LogP) is 1.73. The molecule has 1 atom stereocenters. The van der Waals surface area contributed by atoms with Crippen molar-refractivity contribution in [2.75, 3.05) is 0 Å². The number of alkyl carbamates (subject to hydrolysis) is 1. The molecule has 0 aliphatic carbocycles. The van der Waals surface area contributed by atoms with Gasteiger partial charge in [0.05, 0.1) is 5.56 Å². The Morgan fingerprint density at radius 2 is 2.00 bits per heavy atom. The molecule has 0 aliphatic heterocycles. The maximum Gasteiger partial charge on any atom is 0.408 e. The van der Waals surface area contributed by atoms with Gasteiger partial charge in [0.15, 0.2) is 6.29 Å². The fourth-order valence-corrected chi connectivity index (χ4v) is 1.70. The summed E-state index contributed by atoms with van der Waals surface area (Å²) in [6.45, 7) is 5.00. The van der Waals surface area contributed by atoms with E-state index in [0.717, 1.165) is 0 Å². The fourth-order valence-electron chi connectivity index (χ4n) is 1.70. The molecule has 0 fully saturated rings. The summed E-state index contributed by atoms with van der Waals surface area (Å²) in [5.74, 6) is -1.47. The van der Waals surface area contributed by atoms with Gasteiger partial charge in [0, 0.05) is 6.42 Å². The standard InChI is InChI=1S/C15H19NO6/c1-15(2,3)22-14(21)16-11(13(19)20)6-9-4-5-10(8-17)12(18)7-9/h4-5,7-8,11,18H,6H2,1-3H3,(H,16,21)(H,19,20)/t11-/m0/s1. The van der Waals surface area contributed by atoms with Crippen LogP contribution in [0.3, 0.4) is 0 Å². The predicted molar refractivity (Wildman–Crippen MR) is 78.0 cm³/mol. The molecule has 22 heavy (non-hydrogen) atoms. The van der Waals surface area contributed by atoms with Gasteiger partial charge in [0.25, 0.3) is 0 Å². The van der Waals surface area contributed by atoms with Gasteiger partial charge in [-0.25, -0.2) is 9.59 Å². The molecule has 120 valence electrons. The number of carboxylic acid groups (broad SMARTS) is 1. The number of amides is 1. The van der Waals surface area contributed by atoms with Crippen LogP contribution < -0.4 is 5.32 Å². The topological polar surface area (TPSA) is 113 Å². The van der Waals surface area contributed by atoms with Crippen molar-refractivity contribution in [2.45, 2.75) is 38.8 Å². The summed E-state index contributed by atoms with van der Waals surface area (Å²) < 4.78 is 5.01. The molecule has 3 N–H and O–H groups in total. The van der Waals surface area contributed by atoms with Crippen LogP contribution in [0.1, 0.15) is 36.7 Å². The minimum absolute atomic E-state index is 0.0543. The monoisotopic (exact) mass is 309 g/mol. The first-order valence-electron chi connectivity index (χ1n) is 6.62. The van der Waals surface area contributed by atoms with Gasteiger partial charge in [0.1, 0.15) is 17.4 Å². The summed E-state index contributed by atoms with van der Waals surface area (Å²) in [6.07, 6.45) is -0.401. The second-order valence-corrected chi connectivity index (χ2v) is 5.75. The van der Waals surface area contributed by atoms with Gasteiger partial charge in [-0.1, -0.05) is 6.07 Å². The number of carboxylic acids is 1. The number of rotatable bonds is 5. The van der Waals surface area contributed by atoms with Crippen molar-refractivity contribution in [3.63, 3.8) is 0 Å². The third-order valence-electron chi connectivity index (χ3n) is 2.65. The van der Waals surface area contributed by atoms with Crippen LogP contribution in [-0.4, -0.2) is 40.2 Å². The van der Waals surface area contributed by atoms with Crippen molar-refractivity contribution >= 4 is 18.3 Å². The van der Waals surface area contributed by atoms with Crippen LogP contribution in [0.5, 0.6) is 5.75 Å². The lowest BCUT2D eigenvalue weighted by Crippen LogP contribution is -2.44. The number of nitrogens with one attached hydrogen (secondary N) is 1. The van der Waals surface area contributed by atoms with E-state index < -0.39 is 23.7 Å². The van der Waals surface area contributed by atoms with Crippen LogP contribution in [0.4, 0.5) is 4.79 Å². The lowest BCUT2D eigenvalue weighted by atomic mass is 10.0. The van der Waals surface area contributed by atoms with E-state index >= 15 is 0 Å². The molecule has 1 amide bonds. The summed E-state index contributed by atoms with van der Waals surface area (Å²) >= 11 is 0. The molecule has 0 heterocycles. The first-order valence-corrected chi connectivity index (χ1v) is 6.62. The maximum absolute atomic E-state index is 11.6. The van der Waals surface area contributed by atoms with Gasteiger partial charge < -0.3 is 20.3 Å². The van der Waals surface area contributed by atoms with E-state index in [0.29, 0.717) is 11.8 Å². The van der Waals surface area contributed by atoms with Crippen LogP contribution >= 0.6 is 0 Å². The third kappa shape index (κ3) is 5.43. The van der Waals surface area contributed by atoms with Crippen LogP contribution in [0.2, 0.25) is 0 Å². The molecule has 0 radical (unpaired) electrons. The molecule has 7 nitrogen and oxygen atoms in total. The number of ether oxygens (including phenoxy) is 1. The number of aromatic hydroxyl groups is 1. The average molecular weight is 309 g/mol. The van der Waals surface area contributed by atoms with Gasteiger partial charge in [-0.2, -0.15) is 0 Å². The van der Waals surface area contributed by atoms with Crippen molar-refractivity contribution < 1.29 is 29.3 Å². The van der Waals surface area contributed by atoms with E-state index in [-0.39, 0.29) is 17.7 Å². The van der Waals surface area contributed by atoms with Gasteiger partial charge in [-0.3, -0.25) is 4.79 Å². The first-order chi connectivity index (χ1) is 10.1. The Morgan fingerprint density at radius 3 is 2.45 bits per heavy atom. The highest BCUT2D eigenvalue weighted by Gasteiger charge is 2.24. The normalized spacial score (nSPS) is 12.3. The summed E-state index contributed by atoms with van der Waals surface area (Å²) in [5.41, 5.74) is -0.168. The van der Waals surface area contributed by atoms with Crippen LogP contribution in [0.25, 0.3) is 0 Å². The first kappa shape index (κ1) is 17.5. The van der Waals surface area contributed by atoms with E-state index in [9.17, 15) is 19.5 Å². The van der Waals surface area contributed by atoms with Crippen molar-refractivity contribution in [3.05, 3.63) is 29.3 Å². The second kappa shape index (κ2) is 6.93. The van der Waals surface area contributed by atoms with E-state index in [1.165, 1.54) is 18.2 Å². The number of phenolic OH excluding ortho intramolecular Hbond substituents is 1. The Hall–Kier alpha value is -2.57. The van der Waals surface area contributed by atoms with E-state index in [4.69, 9.17) is 9.84 Å². The molecule has 7 heteroatoms. The molecule has 0 saturated heterocycles. The van der Waals surface area contributed by atoms with E-state index in [1.54, 1.807) is 20.8 Å².